The first-order valence-electron chi connectivity index (χ1n) is 6.56. The van der Waals surface area contributed by atoms with Crippen molar-refractivity contribution in [3.63, 3.8) is 0 Å². The maximum atomic E-state index is 3.48. The molecule has 0 saturated heterocycles. The van der Waals surface area contributed by atoms with Crippen LogP contribution in [0.15, 0.2) is 12.7 Å². The molecule has 0 aliphatic carbocycles. The van der Waals surface area contributed by atoms with E-state index < -0.39 is 0 Å². The number of hydrogen-bond donors (Lipinski definition) is 1. The van der Waals surface area contributed by atoms with Gasteiger partial charge in [0.15, 0.2) is 0 Å². The molecule has 0 atom stereocenters. The Morgan fingerprint density at radius 2 is 1.53 bits per heavy atom. The minimum absolute atomic E-state index is 0. The number of halogens is 1. The van der Waals surface area contributed by atoms with Crippen LogP contribution in [0, 0.1) is 0 Å². The fraction of sp³-hybridized carbons (Fsp3) is 0.857. The van der Waals surface area contributed by atoms with Crippen LogP contribution in [0.3, 0.4) is 0 Å². The van der Waals surface area contributed by atoms with Crippen molar-refractivity contribution in [1.29, 1.82) is 0 Å². The van der Waals surface area contributed by atoms with Gasteiger partial charge in [-0.1, -0.05) is 25.8 Å². The lowest BCUT2D eigenvalue weighted by Gasteiger charge is -2.23. The first-order chi connectivity index (χ1) is 7.47. The molecule has 0 spiro atoms. The molecule has 0 aliphatic heterocycles. The Balaban J connectivity index is -0.000000440. The predicted octanol–water partition coefficient (Wildman–Crippen LogP) is 0.0588. The molecule has 0 aliphatic rings. The van der Waals surface area contributed by atoms with Gasteiger partial charge >= 0.3 is 0 Å². The van der Waals surface area contributed by atoms with Gasteiger partial charge in [-0.15, -0.1) is 6.58 Å². The lowest BCUT2D eigenvalue weighted by Crippen LogP contribution is -3.00. The average molecular weight is 265 g/mol. The maximum absolute atomic E-state index is 3.48. The highest BCUT2D eigenvalue weighted by Crippen LogP contribution is 1.93. The van der Waals surface area contributed by atoms with Gasteiger partial charge in [-0.05, 0) is 19.9 Å². The number of quaternary nitrogens is 1. The SMILES string of the molecule is C=CC.CCCCCNCCC[N+](C)(C)C.[Cl-]. The summed E-state index contributed by atoms with van der Waals surface area (Å²) in [4.78, 5) is 0. The minimum Gasteiger partial charge on any atom is -1.00 e. The summed E-state index contributed by atoms with van der Waals surface area (Å²) in [5.74, 6) is 0. The van der Waals surface area contributed by atoms with Crippen molar-refractivity contribution in [1.82, 2.24) is 5.32 Å². The number of hydrogen-bond acceptors (Lipinski definition) is 1. The number of nitrogens with one attached hydrogen (secondary N) is 1. The van der Waals surface area contributed by atoms with E-state index >= 15 is 0 Å². The molecule has 0 heterocycles. The van der Waals surface area contributed by atoms with Gasteiger partial charge in [-0.3, -0.25) is 0 Å². The standard InChI is InChI=1S/C11H27N2.C3H6.ClH/c1-5-6-7-9-12-10-8-11-13(2,3)4;1-3-2;/h12H,5-11H2,1-4H3;3H,1H2,2H3;1H/q+1;;/p-1. The summed E-state index contributed by atoms with van der Waals surface area (Å²) >= 11 is 0. The van der Waals surface area contributed by atoms with Crippen LogP contribution in [0.25, 0.3) is 0 Å². The van der Waals surface area contributed by atoms with Crippen molar-refractivity contribution < 1.29 is 16.9 Å². The molecule has 0 bridgehead atoms. The lowest BCUT2D eigenvalue weighted by molar-refractivity contribution is -0.870. The molecule has 0 radical (unpaired) electrons. The van der Waals surface area contributed by atoms with Gasteiger partial charge in [0.2, 0.25) is 0 Å². The van der Waals surface area contributed by atoms with Crippen LogP contribution in [0.4, 0.5) is 0 Å². The molecule has 0 saturated carbocycles. The second-order valence-electron chi connectivity index (χ2n) is 5.23. The second-order valence-corrected chi connectivity index (χ2v) is 5.23. The van der Waals surface area contributed by atoms with E-state index in [0.29, 0.717) is 0 Å². The van der Waals surface area contributed by atoms with Crippen molar-refractivity contribution in [2.75, 3.05) is 40.8 Å². The monoisotopic (exact) mass is 264 g/mol. The van der Waals surface area contributed by atoms with Crippen LogP contribution < -0.4 is 17.7 Å². The molecule has 1 N–H and O–H groups in total. The summed E-state index contributed by atoms with van der Waals surface area (Å²) in [5.41, 5.74) is 0. The molecular formula is C14H33ClN2. The molecule has 0 unspecified atom stereocenters. The normalized spacial score (nSPS) is 9.94. The van der Waals surface area contributed by atoms with Gasteiger partial charge in [0.05, 0.1) is 27.7 Å². The van der Waals surface area contributed by atoms with E-state index in [2.05, 4.69) is 40.0 Å². The smallest absolute Gasteiger partial charge is 0.0792 e. The van der Waals surface area contributed by atoms with Crippen molar-refractivity contribution in [2.24, 2.45) is 0 Å². The van der Waals surface area contributed by atoms with Crippen LogP contribution in [0.5, 0.6) is 0 Å². The molecule has 0 rings (SSSR count). The Morgan fingerprint density at radius 3 is 1.94 bits per heavy atom. The Bertz CT molecular complexity index is 142. The van der Waals surface area contributed by atoms with Crippen molar-refractivity contribution in [2.45, 2.75) is 39.5 Å². The largest absolute Gasteiger partial charge is 1.00 e. The molecule has 0 fully saturated rings. The second kappa shape index (κ2) is 16.0. The van der Waals surface area contributed by atoms with E-state index in [4.69, 9.17) is 0 Å². The van der Waals surface area contributed by atoms with Gasteiger partial charge in [0.25, 0.3) is 0 Å². The van der Waals surface area contributed by atoms with Crippen LogP contribution in [0.2, 0.25) is 0 Å². The number of allylic oxidation sites excluding steroid dienone is 1. The molecule has 3 heteroatoms. The first kappa shape index (κ1) is 22.2. The zero-order valence-corrected chi connectivity index (χ0v) is 13.3. The number of nitrogens with zero attached hydrogens (tertiary/aromatic N) is 1. The highest BCUT2D eigenvalue weighted by Gasteiger charge is 2.04. The van der Waals surface area contributed by atoms with E-state index in [1.54, 1.807) is 6.08 Å². The zero-order valence-electron chi connectivity index (χ0n) is 12.6. The van der Waals surface area contributed by atoms with E-state index in [1.165, 1.54) is 45.3 Å². The Hall–Kier alpha value is -0.0500. The van der Waals surface area contributed by atoms with Gasteiger partial charge in [0.1, 0.15) is 0 Å². The zero-order chi connectivity index (χ0) is 12.9. The fourth-order valence-electron chi connectivity index (χ4n) is 1.30. The van der Waals surface area contributed by atoms with Crippen molar-refractivity contribution in [3.05, 3.63) is 12.7 Å². The Kier molecular flexibility index (Phi) is 20.8. The van der Waals surface area contributed by atoms with Crippen LogP contribution >= 0.6 is 0 Å². The molecule has 2 nitrogen and oxygen atoms in total. The molecular weight excluding hydrogens is 232 g/mol. The lowest BCUT2D eigenvalue weighted by atomic mass is 10.2. The van der Waals surface area contributed by atoms with Gasteiger partial charge in [-0.25, -0.2) is 0 Å². The third-order valence-electron chi connectivity index (χ3n) is 2.14. The number of unbranched alkanes of at least 4 members (excludes halogenated alkanes) is 2. The van der Waals surface area contributed by atoms with E-state index in [1.807, 2.05) is 6.92 Å². The minimum atomic E-state index is 0. The first-order valence-corrected chi connectivity index (χ1v) is 6.56. The topological polar surface area (TPSA) is 12.0 Å². The van der Waals surface area contributed by atoms with E-state index in [9.17, 15) is 0 Å². The Labute approximate surface area is 115 Å². The summed E-state index contributed by atoms with van der Waals surface area (Å²) in [6.07, 6.45) is 7.05. The summed E-state index contributed by atoms with van der Waals surface area (Å²) in [6, 6.07) is 0. The average Bonchev–Trinajstić information content (AvgIpc) is 2.16. The summed E-state index contributed by atoms with van der Waals surface area (Å²) in [6.45, 7) is 11.1. The highest BCUT2D eigenvalue weighted by molar-refractivity contribution is 4.51. The molecule has 17 heavy (non-hydrogen) atoms. The molecule has 0 aromatic rings. The Morgan fingerprint density at radius 1 is 1.06 bits per heavy atom. The van der Waals surface area contributed by atoms with Crippen LogP contribution in [0.1, 0.15) is 39.5 Å². The third kappa shape index (κ3) is 31.4. The predicted molar refractivity (Wildman–Crippen MR) is 75.8 cm³/mol. The molecule has 0 aromatic carbocycles. The van der Waals surface area contributed by atoms with Gasteiger partial charge < -0.3 is 22.2 Å². The van der Waals surface area contributed by atoms with Crippen LogP contribution in [-0.4, -0.2) is 45.3 Å². The summed E-state index contributed by atoms with van der Waals surface area (Å²) < 4.78 is 1.08. The highest BCUT2D eigenvalue weighted by atomic mass is 35.5. The quantitative estimate of drug-likeness (QED) is 0.371. The number of rotatable bonds is 8. The maximum Gasteiger partial charge on any atom is 0.0792 e. The summed E-state index contributed by atoms with van der Waals surface area (Å²) in [5, 5.41) is 3.48. The van der Waals surface area contributed by atoms with Crippen LogP contribution in [-0.2, 0) is 0 Å². The fourth-order valence-corrected chi connectivity index (χ4v) is 1.30. The van der Waals surface area contributed by atoms with E-state index in [0.717, 1.165) is 4.48 Å². The molecule has 0 aromatic heterocycles. The molecule has 106 valence electrons. The molecule has 0 amide bonds. The van der Waals surface area contributed by atoms with Crippen molar-refractivity contribution >= 4 is 0 Å². The van der Waals surface area contributed by atoms with E-state index in [-0.39, 0.29) is 12.4 Å². The van der Waals surface area contributed by atoms with Gasteiger partial charge in [0, 0.05) is 13.0 Å². The van der Waals surface area contributed by atoms with Gasteiger partial charge in [-0.2, -0.15) is 0 Å². The van der Waals surface area contributed by atoms with Crippen molar-refractivity contribution in [3.8, 4) is 0 Å². The third-order valence-corrected chi connectivity index (χ3v) is 2.14. The summed E-state index contributed by atoms with van der Waals surface area (Å²) in [7, 11) is 6.74.